The molecule has 0 radical (unpaired) electrons. The third-order valence-electron chi connectivity index (χ3n) is 2.02. The SMILES string of the molecule is [2H]c1c([2H])c([2H])c(C([2H])(C(=O)OC)C2NC([2H])([2H])C([2H])([2H])C([2H])([2H])C2([2H])[2H])c([2H])c1[2H]. The minimum Gasteiger partial charge on any atom is -0.469 e. The Hall–Kier alpha value is -1.35. The summed E-state index contributed by atoms with van der Waals surface area (Å²) in [6.45, 7) is -3.33. The van der Waals surface area contributed by atoms with Crippen LogP contribution in [0.15, 0.2) is 30.2 Å². The molecule has 0 saturated carbocycles. The first-order chi connectivity index (χ1) is 13.7. The molecule has 1 aliphatic heterocycles. The fourth-order valence-corrected chi connectivity index (χ4v) is 1.29. The van der Waals surface area contributed by atoms with Gasteiger partial charge in [0.1, 0.15) is 0 Å². The van der Waals surface area contributed by atoms with Crippen LogP contribution in [-0.2, 0) is 9.53 Å². The second-order valence-electron chi connectivity index (χ2n) is 3.00. The number of nitrogens with one attached hydrogen (secondary N) is 1. The molecule has 3 heteroatoms. The number of carbonyl (C=O) groups is 1. The van der Waals surface area contributed by atoms with Gasteiger partial charge in [0.05, 0.1) is 19.9 Å². The number of piperidine rings is 1. The molecular formula is C14H19NO2. The minimum absolute atomic E-state index is 0.766. The molecule has 0 amide bonds. The van der Waals surface area contributed by atoms with Gasteiger partial charge in [-0.25, -0.2) is 0 Å². The summed E-state index contributed by atoms with van der Waals surface area (Å²) in [6.07, 6.45) is -10.6. The van der Waals surface area contributed by atoms with Gasteiger partial charge in [-0.2, -0.15) is 0 Å². The molecule has 3 nitrogen and oxygen atoms in total. The second kappa shape index (κ2) is 5.82. The Morgan fingerprint density at radius 2 is 2.35 bits per heavy atom. The Bertz CT molecular complexity index is 903. The number of benzene rings is 1. The first-order valence-electron chi connectivity index (χ1n) is 11.7. The summed E-state index contributed by atoms with van der Waals surface area (Å²) in [6, 6.07) is -7.50. The van der Waals surface area contributed by atoms with Crippen LogP contribution in [-0.4, -0.2) is 25.6 Å². The van der Waals surface area contributed by atoms with Crippen LogP contribution in [0.25, 0.3) is 0 Å². The third-order valence-corrected chi connectivity index (χ3v) is 2.02. The van der Waals surface area contributed by atoms with Crippen LogP contribution in [0.4, 0.5) is 0 Å². The summed E-state index contributed by atoms with van der Waals surface area (Å²) in [5.41, 5.74) is -1.07. The maximum Gasteiger partial charge on any atom is 0.314 e. The smallest absolute Gasteiger partial charge is 0.314 e. The monoisotopic (exact) mass is 247 g/mol. The van der Waals surface area contributed by atoms with E-state index >= 15 is 0 Å². The average Bonchev–Trinajstić information content (AvgIpc) is 2.66. The summed E-state index contributed by atoms with van der Waals surface area (Å²) in [7, 11) is 0.766. The van der Waals surface area contributed by atoms with Crippen LogP contribution < -0.4 is 5.32 Å². The van der Waals surface area contributed by atoms with E-state index in [0.29, 0.717) is 0 Å². The standard InChI is InChI=1S/C14H19NO2/c1-17-14(16)13(11-7-3-2-4-8-11)12-9-5-6-10-15-12/h2-4,7-8,12-13,15H,5-6,9-10H2,1H3/i2D,3D,4D,5D2,6D2,7D,8D,9D2,10D2,13D. The van der Waals surface area contributed by atoms with Gasteiger partial charge < -0.3 is 10.1 Å². The number of methoxy groups -OCH3 is 1. The highest BCUT2D eigenvalue weighted by Gasteiger charge is 2.31. The van der Waals surface area contributed by atoms with Crippen LogP contribution in [0.3, 0.4) is 0 Å². The average molecular weight is 247 g/mol. The first kappa shape index (κ1) is 3.58. The van der Waals surface area contributed by atoms with Crippen molar-refractivity contribution in [2.24, 2.45) is 0 Å². The second-order valence-corrected chi connectivity index (χ2v) is 3.00. The van der Waals surface area contributed by atoms with E-state index in [0.717, 1.165) is 7.11 Å². The van der Waals surface area contributed by atoms with Gasteiger partial charge in [-0.15, -0.1) is 0 Å². The first-order valence-corrected chi connectivity index (χ1v) is 4.68. The van der Waals surface area contributed by atoms with Crippen molar-refractivity contribution in [2.75, 3.05) is 13.6 Å². The van der Waals surface area contributed by atoms with Crippen molar-refractivity contribution in [2.45, 2.75) is 31.1 Å². The number of rotatable bonds is 3. The maximum atomic E-state index is 12.7. The lowest BCUT2D eigenvalue weighted by atomic mass is 9.86. The molecule has 92 valence electrons. The van der Waals surface area contributed by atoms with Gasteiger partial charge in [0.25, 0.3) is 0 Å². The lowest BCUT2D eigenvalue weighted by molar-refractivity contribution is -0.143. The fraction of sp³-hybridized carbons (Fsp3) is 0.500. The zero-order chi connectivity index (χ0) is 24.5. The Morgan fingerprint density at radius 3 is 3.06 bits per heavy atom. The lowest BCUT2D eigenvalue weighted by Gasteiger charge is -2.29. The van der Waals surface area contributed by atoms with Crippen molar-refractivity contribution < 1.29 is 28.7 Å². The molecule has 0 bridgehead atoms. The highest BCUT2D eigenvalue weighted by molar-refractivity contribution is 5.79. The topological polar surface area (TPSA) is 38.3 Å². The van der Waals surface area contributed by atoms with Crippen LogP contribution in [0.2, 0.25) is 0 Å². The number of ether oxygens (including phenoxy) is 1. The summed E-state index contributed by atoms with van der Waals surface area (Å²) in [5, 5.41) is 1.81. The molecule has 2 atom stereocenters. The van der Waals surface area contributed by atoms with Crippen LogP contribution in [0.1, 0.15) is 49.8 Å². The molecule has 0 aliphatic carbocycles. The largest absolute Gasteiger partial charge is 0.469 e. The van der Waals surface area contributed by atoms with E-state index < -0.39 is 79.3 Å². The fourth-order valence-electron chi connectivity index (χ4n) is 1.29. The highest BCUT2D eigenvalue weighted by atomic mass is 16.5. The van der Waals surface area contributed by atoms with Gasteiger partial charge >= 0.3 is 5.97 Å². The van der Waals surface area contributed by atoms with Crippen molar-refractivity contribution in [1.82, 2.24) is 5.32 Å². The van der Waals surface area contributed by atoms with Crippen molar-refractivity contribution in [3.8, 4) is 0 Å². The highest BCUT2D eigenvalue weighted by Crippen LogP contribution is 2.26. The van der Waals surface area contributed by atoms with Crippen molar-refractivity contribution in [3.63, 3.8) is 0 Å². The van der Waals surface area contributed by atoms with E-state index in [1.807, 2.05) is 5.32 Å². The summed E-state index contributed by atoms with van der Waals surface area (Å²) >= 11 is 0. The number of esters is 1. The number of hydrogen-bond acceptors (Lipinski definition) is 3. The zero-order valence-electron chi connectivity index (χ0n) is 22.9. The predicted molar refractivity (Wildman–Crippen MR) is 66.8 cm³/mol. The lowest BCUT2D eigenvalue weighted by Crippen LogP contribution is -2.42. The van der Waals surface area contributed by atoms with E-state index in [-0.39, 0.29) is 0 Å². The third kappa shape index (κ3) is 2.86. The molecule has 2 unspecified atom stereocenters. The number of hydrogen-bond donors (Lipinski definition) is 1. The molecular weight excluding hydrogens is 214 g/mol. The van der Waals surface area contributed by atoms with Gasteiger partial charge in [-0.1, -0.05) is 36.6 Å². The Kier molecular flexibility index (Phi) is 1.22. The van der Waals surface area contributed by atoms with Gasteiger partial charge in [-0.05, 0) is 24.8 Å². The van der Waals surface area contributed by atoms with E-state index in [4.69, 9.17) is 19.2 Å². The van der Waals surface area contributed by atoms with Crippen molar-refractivity contribution in [3.05, 3.63) is 35.8 Å². The minimum atomic E-state index is -3.63. The van der Waals surface area contributed by atoms with Gasteiger partial charge in [0, 0.05) is 18.4 Å². The Morgan fingerprint density at radius 1 is 1.59 bits per heavy atom. The molecule has 1 aliphatic rings. The molecule has 1 aromatic carbocycles. The van der Waals surface area contributed by atoms with Crippen molar-refractivity contribution in [1.29, 1.82) is 0 Å². The van der Waals surface area contributed by atoms with Crippen LogP contribution in [0.5, 0.6) is 0 Å². The quantitative estimate of drug-likeness (QED) is 0.831. The van der Waals surface area contributed by atoms with E-state index in [1.54, 1.807) is 0 Å². The molecule has 17 heavy (non-hydrogen) atoms. The van der Waals surface area contributed by atoms with E-state index in [2.05, 4.69) is 4.74 Å². The molecule has 1 fully saturated rings. The summed E-state index contributed by atoms with van der Waals surface area (Å²) < 4.78 is 116. The molecule has 1 saturated heterocycles. The maximum absolute atomic E-state index is 12.7. The van der Waals surface area contributed by atoms with Crippen LogP contribution in [0, 0.1) is 0 Å². The summed E-state index contributed by atoms with van der Waals surface area (Å²) in [5.74, 6) is -4.97. The molecule has 1 N–H and O–H groups in total. The zero-order valence-corrected chi connectivity index (χ0v) is 8.89. The normalized spacial score (nSPS) is 47.5. The van der Waals surface area contributed by atoms with Crippen LogP contribution >= 0.6 is 0 Å². The van der Waals surface area contributed by atoms with Crippen molar-refractivity contribution >= 4 is 5.97 Å². The molecule has 1 aromatic rings. The molecule has 0 aromatic heterocycles. The Balaban J connectivity index is 2.99. The van der Waals surface area contributed by atoms with Gasteiger partial charge in [0.15, 0.2) is 0 Å². The Labute approximate surface area is 122 Å². The molecule has 0 spiro atoms. The summed E-state index contributed by atoms with van der Waals surface area (Å²) in [4.78, 5) is 12.7. The molecule has 1 heterocycles. The number of carbonyl (C=O) groups excluding carboxylic acids is 1. The van der Waals surface area contributed by atoms with Gasteiger partial charge in [0.2, 0.25) is 0 Å². The molecule has 2 rings (SSSR count). The van der Waals surface area contributed by atoms with E-state index in [9.17, 15) is 4.79 Å². The predicted octanol–water partition coefficient (Wildman–Crippen LogP) is 2.09. The van der Waals surface area contributed by atoms with Gasteiger partial charge in [-0.3, -0.25) is 4.79 Å². The van der Waals surface area contributed by atoms with E-state index in [1.165, 1.54) is 0 Å².